The fraction of sp³-hybridized carbons (Fsp3) is 0.417. The molecule has 1 N–H and O–H groups in total. The van der Waals surface area contributed by atoms with E-state index in [1.54, 1.807) is 0 Å². The van der Waals surface area contributed by atoms with Crippen molar-refractivity contribution in [3.8, 4) is 0 Å². The van der Waals surface area contributed by atoms with Crippen LogP contribution in [0, 0.1) is 0 Å². The van der Waals surface area contributed by atoms with Crippen LogP contribution in [0.5, 0.6) is 0 Å². The molecule has 3 rings (SSSR count). The zero-order chi connectivity index (χ0) is 20.5. The monoisotopic (exact) mass is 412 g/mol. The summed E-state index contributed by atoms with van der Waals surface area (Å²) in [4.78, 5) is 26.9. The maximum atomic E-state index is 12.4. The summed E-state index contributed by atoms with van der Waals surface area (Å²) in [5.74, 6) is 0.145. The number of halogens is 1. The van der Waals surface area contributed by atoms with Crippen LogP contribution >= 0.6 is 11.6 Å². The van der Waals surface area contributed by atoms with E-state index in [4.69, 9.17) is 11.6 Å². The van der Waals surface area contributed by atoms with E-state index in [0.717, 1.165) is 49.5 Å². The van der Waals surface area contributed by atoms with E-state index in [2.05, 4.69) is 22.3 Å². The lowest BCUT2D eigenvalue weighted by atomic mass is 10.1. The Morgan fingerprint density at radius 1 is 1.00 bits per heavy atom. The number of hydrogen-bond acceptors (Lipinski definition) is 3. The molecule has 5 heteroatoms. The van der Waals surface area contributed by atoms with Crippen molar-refractivity contribution in [2.75, 3.05) is 13.1 Å². The molecule has 1 heterocycles. The van der Waals surface area contributed by atoms with Crippen molar-refractivity contribution in [1.82, 2.24) is 10.2 Å². The van der Waals surface area contributed by atoms with Crippen LogP contribution < -0.4 is 5.32 Å². The molecule has 1 fully saturated rings. The number of carbonyl (C=O) groups excluding carboxylic acids is 2. The number of ketones is 1. The number of carbonyl (C=O) groups is 2. The average molecular weight is 413 g/mol. The zero-order valence-corrected chi connectivity index (χ0v) is 17.5. The lowest BCUT2D eigenvalue weighted by Gasteiger charge is -2.25. The van der Waals surface area contributed by atoms with Gasteiger partial charge >= 0.3 is 0 Å². The summed E-state index contributed by atoms with van der Waals surface area (Å²) in [6.07, 6.45) is 4.66. The molecule has 0 bridgehead atoms. The third-order valence-electron chi connectivity index (χ3n) is 5.34. The molecule has 0 saturated carbocycles. The van der Waals surface area contributed by atoms with E-state index >= 15 is 0 Å². The molecule has 4 nitrogen and oxygen atoms in total. The summed E-state index contributed by atoms with van der Waals surface area (Å²) < 4.78 is 0. The number of nitrogens with zero attached hydrogens (tertiary/aromatic N) is 1. The first-order valence-corrected chi connectivity index (χ1v) is 10.8. The predicted molar refractivity (Wildman–Crippen MR) is 117 cm³/mol. The summed E-state index contributed by atoms with van der Waals surface area (Å²) in [6, 6.07) is 17.4. The Morgan fingerprint density at radius 3 is 2.52 bits per heavy atom. The highest BCUT2D eigenvalue weighted by Gasteiger charge is 2.20. The van der Waals surface area contributed by atoms with Crippen molar-refractivity contribution < 1.29 is 9.59 Å². The largest absolute Gasteiger partial charge is 0.352 e. The minimum atomic E-state index is 0.0456. The fourth-order valence-electron chi connectivity index (χ4n) is 3.81. The van der Waals surface area contributed by atoms with Crippen LogP contribution in [0.4, 0.5) is 0 Å². The maximum absolute atomic E-state index is 12.4. The average Bonchev–Trinajstić information content (AvgIpc) is 2.95. The number of Topliss-reactive ketones (excluding diaryl/α,β-unsaturated/α-hetero) is 1. The molecule has 0 aliphatic carbocycles. The third kappa shape index (κ3) is 7.30. The van der Waals surface area contributed by atoms with Gasteiger partial charge in [0, 0.05) is 42.6 Å². The van der Waals surface area contributed by atoms with Crippen LogP contribution in [0.2, 0.25) is 5.02 Å². The minimum absolute atomic E-state index is 0.0456. The van der Waals surface area contributed by atoms with E-state index in [0.29, 0.717) is 19.3 Å². The van der Waals surface area contributed by atoms with Crippen LogP contribution in [-0.2, 0) is 11.3 Å². The number of nitrogens with one attached hydrogen (secondary N) is 1. The van der Waals surface area contributed by atoms with E-state index in [1.807, 2.05) is 42.5 Å². The second-order valence-corrected chi connectivity index (χ2v) is 8.20. The quantitative estimate of drug-likeness (QED) is 0.629. The Bertz CT molecular complexity index is 792. The third-order valence-corrected chi connectivity index (χ3v) is 5.60. The first-order chi connectivity index (χ1) is 14.1. The molecule has 1 atom stereocenters. The SMILES string of the molecule is O=C(CCCC(=O)c1ccccc1)NC1CCCCN(Cc2ccc(Cl)cc2)C1. The van der Waals surface area contributed by atoms with E-state index < -0.39 is 0 Å². The van der Waals surface area contributed by atoms with Crippen LogP contribution in [0.3, 0.4) is 0 Å². The van der Waals surface area contributed by atoms with Crippen molar-refractivity contribution in [2.24, 2.45) is 0 Å². The number of hydrogen-bond donors (Lipinski definition) is 1. The van der Waals surface area contributed by atoms with Crippen molar-refractivity contribution in [3.63, 3.8) is 0 Å². The van der Waals surface area contributed by atoms with Gasteiger partial charge in [-0.05, 0) is 43.5 Å². The van der Waals surface area contributed by atoms with E-state index in [9.17, 15) is 9.59 Å². The highest BCUT2D eigenvalue weighted by molar-refractivity contribution is 6.30. The first-order valence-electron chi connectivity index (χ1n) is 10.4. The summed E-state index contributed by atoms with van der Waals surface area (Å²) >= 11 is 5.97. The molecule has 0 radical (unpaired) electrons. The smallest absolute Gasteiger partial charge is 0.220 e. The predicted octanol–water partition coefficient (Wildman–Crippen LogP) is 4.86. The van der Waals surface area contributed by atoms with Crippen molar-refractivity contribution >= 4 is 23.3 Å². The Labute approximate surface area is 178 Å². The molecule has 1 aliphatic rings. The van der Waals surface area contributed by atoms with Gasteiger partial charge in [0.1, 0.15) is 0 Å². The summed E-state index contributed by atoms with van der Waals surface area (Å²) in [6.45, 7) is 2.77. The number of rotatable bonds is 8. The number of likely N-dealkylation sites (tertiary alicyclic amines) is 1. The van der Waals surface area contributed by atoms with Gasteiger partial charge in [0.15, 0.2) is 5.78 Å². The molecule has 29 heavy (non-hydrogen) atoms. The molecule has 1 unspecified atom stereocenters. The molecule has 2 aromatic carbocycles. The van der Waals surface area contributed by atoms with Gasteiger partial charge in [0.25, 0.3) is 0 Å². The molecule has 2 aromatic rings. The molecular formula is C24H29ClN2O2. The lowest BCUT2D eigenvalue weighted by molar-refractivity contribution is -0.122. The van der Waals surface area contributed by atoms with Gasteiger partial charge in [-0.3, -0.25) is 14.5 Å². The highest BCUT2D eigenvalue weighted by Crippen LogP contribution is 2.16. The second-order valence-electron chi connectivity index (χ2n) is 7.76. The molecule has 0 aromatic heterocycles. The molecular weight excluding hydrogens is 384 g/mol. The van der Waals surface area contributed by atoms with Gasteiger partial charge < -0.3 is 5.32 Å². The Kier molecular flexibility index (Phi) is 8.26. The standard InChI is InChI=1S/C24H29ClN2O2/c25-21-14-12-19(13-15-21)17-27-16-5-4-9-22(18-27)26-24(29)11-6-10-23(28)20-7-2-1-3-8-20/h1-3,7-8,12-15,22H,4-6,9-11,16-18H2,(H,26,29). The van der Waals surface area contributed by atoms with Crippen LogP contribution in [0.25, 0.3) is 0 Å². The maximum Gasteiger partial charge on any atom is 0.220 e. The zero-order valence-electron chi connectivity index (χ0n) is 16.8. The second kappa shape index (κ2) is 11.1. The van der Waals surface area contributed by atoms with Gasteiger partial charge in [-0.15, -0.1) is 0 Å². The molecule has 154 valence electrons. The topological polar surface area (TPSA) is 49.4 Å². The molecule has 1 saturated heterocycles. The van der Waals surface area contributed by atoms with Crippen molar-refractivity contribution in [3.05, 3.63) is 70.7 Å². The number of benzene rings is 2. The molecule has 0 spiro atoms. The van der Waals surface area contributed by atoms with Crippen LogP contribution in [0.15, 0.2) is 54.6 Å². The Morgan fingerprint density at radius 2 is 1.76 bits per heavy atom. The van der Waals surface area contributed by atoms with E-state index in [-0.39, 0.29) is 17.7 Å². The first kappa shape index (κ1) is 21.5. The number of amides is 1. The van der Waals surface area contributed by atoms with Crippen LogP contribution in [0.1, 0.15) is 54.4 Å². The van der Waals surface area contributed by atoms with Gasteiger partial charge in [0.05, 0.1) is 0 Å². The molecule has 1 amide bonds. The highest BCUT2D eigenvalue weighted by atomic mass is 35.5. The lowest BCUT2D eigenvalue weighted by Crippen LogP contribution is -2.42. The Hall–Kier alpha value is -2.17. The summed E-state index contributed by atoms with van der Waals surface area (Å²) in [7, 11) is 0. The van der Waals surface area contributed by atoms with Gasteiger partial charge in [-0.25, -0.2) is 0 Å². The summed E-state index contributed by atoms with van der Waals surface area (Å²) in [5.41, 5.74) is 1.95. The molecule has 1 aliphatic heterocycles. The van der Waals surface area contributed by atoms with Crippen molar-refractivity contribution in [1.29, 1.82) is 0 Å². The van der Waals surface area contributed by atoms with Crippen LogP contribution in [-0.4, -0.2) is 35.7 Å². The normalized spacial score (nSPS) is 17.5. The van der Waals surface area contributed by atoms with E-state index in [1.165, 1.54) is 5.56 Å². The van der Waals surface area contributed by atoms with Gasteiger partial charge in [-0.2, -0.15) is 0 Å². The van der Waals surface area contributed by atoms with Gasteiger partial charge in [0.2, 0.25) is 5.91 Å². The van der Waals surface area contributed by atoms with Crippen molar-refractivity contribution in [2.45, 2.75) is 51.1 Å². The summed E-state index contributed by atoms with van der Waals surface area (Å²) in [5, 5.41) is 3.93. The minimum Gasteiger partial charge on any atom is -0.352 e. The Balaban J connectivity index is 1.42. The fourth-order valence-corrected chi connectivity index (χ4v) is 3.93. The van der Waals surface area contributed by atoms with Gasteiger partial charge in [-0.1, -0.05) is 60.5 Å².